The van der Waals surface area contributed by atoms with Crippen LogP contribution >= 0.6 is 0 Å². The molecule has 68 valence electrons. The fourth-order valence-electron chi connectivity index (χ4n) is 1.11. The van der Waals surface area contributed by atoms with Crippen LogP contribution in [0.3, 0.4) is 0 Å². The van der Waals surface area contributed by atoms with Gasteiger partial charge in [0.15, 0.2) is 0 Å². The zero-order valence-electron chi connectivity index (χ0n) is 7.40. The van der Waals surface area contributed by atoms with E-state index in [0.29, 0.717) is 0 Å². The first-order chi connectivity index (χ1) is 4.95. The minimum absolute atomic E-state index is 0.184. The highest BCUT2D eigenvalue weighted by molar-refractivity contribution is 7.67. The van der Waals surface area contributed by atoms with Crippen molar-refractivity contribution in [1.82, 2.24) is 0 Å². The number of hydrogen-bond donors (Lipinski definition) is 1. The molecule has 0 rings (SSSR count). The van der Waals surface area contributed by atoms with Gasteiger partial charge < -0.3 is 0 Å². The summed E-state index contributed by atoms with van der Waals surface area (Å²) < 4.78 is 25.2. The van der Waals surface area contributed by atoms with Gasteiger partial charge in [0, 0.05) is 0 Å². The molecule has 0 aromatic heterocycles. The molecule has 0 atom stereocenters. The van der Waals surface area contributed by atoms with Gasteiger partial charge in [-0.2, -0.15) is 0 Å². The van der Waals surface area contributed by atoms with Crippen molar-refractivity contribution >= 4 is 11.0 Å². The standard InChI is InChI=1S/C7H16O3S/c1-5(2)7(6(3)4)10-11(8)9/h5-7,11H,1-4H3. The molecule has 11 heavy (non-hydrogen) atoms. The van der Waals surface area contributed by atoms with Crippen LogP contribution in [0, 0.1) is 11.8 Å². The van der Waals surface area contributed by atoms with E-state index in [4.69, 9.17) is 4.18 Å². The first-order valence-corrected chi connectivity index (χ1v) is 4.85. The van der Waals surface area contributed by atoms with E-state index >= 15 is 0 Å². The zero-order valence-corrected chi connectivity index (χ0v) is 8.30. The molecule has 0 saturated heterocycles. The molecule has 0 unspecified atom stereocenters. The second kappa shape index (κ2) is 4.72. The second-order valence-electron chi connectivity index (χ2n) is 3.28. The van der Waals surface area contributed by atoms with Crippen LogP contribution in [0.1, 0.15) is 27.7 Å². The van der Waals surface area contributed by atoms with Crippen molar-refractivity contribution in [2.75, 3.05) is 0 Å². The zero-order chi connectivity index (χ0) is 9.02. The highest BCUT2D eigenvalue weighted by Gasteiger charge is 2.18. The molecule has 0 aliphatic carbocycles. The summed E-state index contributed by atoms with van der Waals surface area (Å²) in [4.78, 5) is 0. The van der Waals surface area contributed by atoms with Gasteiger partial charge in [-0.15, -0.1) is 0 Å². The Morgan fingerprint density at radius 2 is 1.36 bits per heavy atom. The summed E-state index contributed by atoms with van der Waals surface area (Å²) in [7, 11) is -2.70. The second-order valence-corrected chi connectivity index (χ2v) is 3.94. The highest BCUT2D eigenvalue weighted by atomic mass is 32.2. The van der Waals surface area contributed by atoms with Crippen LogP contribution in [0.4, 0.5) is 0 Å². The van der Waals surface area contributed by atoms with E-state index in [1.165, 1.54) is 0 Å². The summed E-state index contributed by atoms with van der Waals surface area (Å²) >= 11 is 0. The normalized spacial score (nSPS) is 12.4. The predicted molar refractivity (Wildman–Crippen MR) is 44.9 cm³/mol. The van der Waals surface area contributed by atoms with Crippen LogP contribution in [0.5, 0.6) is 0 Å². The summed E-state index contributed by atoms with van der Waals surface area (Å²) in [6.07, 6.45) is -0.184. The molecule has 0 spiro atoms. The quantitative estimate of drug-likeness (QED) is 0.661. The lowest BCUT2D eigenvalue weighted by Crippen LogP contribution is -2.25. The Kier molecular flexibility index (Phi) is 4.68. The summed E-state index contributed by atoms with van der Waals surface area (Å²) in [5.41, 5.74) is 0. The summed E-state index contributed by atoms with van der Waals surface area (Å²) in [5.74, 6) is 0.478. The molecular formula is C7H16O3S. The van der Waals surface area contributed by atoms with E-state index in [-0.39, 0.29) is 17.9 Å². The van der Waals surface area contributed by atoms with E-state index in [2.05, 4.69) is 0 Å². The highest BCUT2D eigenvalue weighted by Crippen LogP contribution is 2.15. The van der Waals surface area contributed by atoms with Crippen LogP contribution in [0.15, 0.2) is 0 Å². The lowest BCUT2D eigenvalue weighted by molar-refractivity contribution is 0.118. The lowest BCUT2D eigenvalue weighted by atomic mass is 9.97. The lowest BCUT2D eigenvalue weighted by Gasteiger charge is -2.21. The maximum atomic E-state index is 10.2. The van der Waals surface area contributed by atoms with E-state index in [1.54, 1.807) is 0 Å². The van der Waals surface area contributed by atoms with Crippen LogP contribution < -0.4 is 0 Å². The van der Waals surface area contributed by atoms with Crippen molar-refractivity contribution in [2.45, 2.75) is 33.8 Å². The van der Waals surface area contributed by atoms with Gasteiger partial charge in [-0.3, -0.25) is 4.18 Å². The van der Waals surface area contributed by atoms with Gasteiger partial charge in [0.2, 0.25) is 0 Å². The van der Waals surface area contributed by atoms with Gasteiger partial charge in [0.1, 0.15) is 0 Å². The van der Waals surface area contributed by atoms with Crippen molar-refractivity contribution in [3.63, 3.8) is 0 Å². The van der Waals surface area contributed by atoms with Crippen molar-refractivity contribution in [3.8, 4) is 0 Å². The monoisotopic (exact) mass is 180 g/mol. The Morgan fingerprint density at radius 3 is 1.45 bits per heavy atom. The Hall–Kier alpha value is -0.0900. The van der Waals surface area contributed by atoms with Gasteiger partial charge >= 0.3 is 0 Å². The van der Waals surface area contributed by atoms with E-state index < -0.39 is 11.0 Å². The molecule has 0 aliphatic heterocycles. The van der Waals surface area contributed by atoms with E-state index in [0.717, 1.165) is 0 Å². The molecular weight excluding hydrogens is 164 g/mol. The van der Waals surface area contributed by atoms with Crippen molar-refractivity contribution < 1.29 is 12.6 Å². The Bertz CT molecular complexity index is 157. The van der Waals surface area contributed by atoms with Crippen molar-refractivity contribution in [2.24, 2.45) is 11.8 Å². The Morgan fingerprint density at radius 1 is 1.00 bits per heavy atom. The first kappa shape index (κ1) is 10.9. The third kappa shape index (κ3) is 4.37. The molecule has 0 saturated carbocycles. The van der Waals surface area contributed by atoms with Crippen LogP contribution in [0.25, 0.3) is 0 Å². The van der Waals surface area contributed by atoms with Gasteiger partial charge in [0.05, 0.1) is 6.10 Å². The summed E-state index contributed by atoms with van der Waals surface area (Å²) in [6, 6.07) is 0. The van der Waals surface area contributed by atoms with E-state index in [9.17, 15) is 8.42 Å². The van der Waals surface area contributed by atoms with Crippen molar-refractivity contribution in [1.29, 1.82) is 0 Å². The molecule has 0 heterocycles. The van der Waals surface area contributed by atoms with Crippen LogP contribution in [-0.4, -0.2) is 14.5 Å². The van der Waals surface area contributed by atoms with Crippen molar-refractivity contribution in [3.05, 3.63) is 0 Å². The average molecular weight is 180 g/mol. The van der Waals surface area contributed by atoms with Crippen LogP contribution in [-0.2, 0) is 15.2 Å². The van der Waals surface area contributed by atoms with E-state index in [1.807, 2.05) is 27.7 Å². The molecule has 0 aromatic carbocycles. The average Bonchev–Trinajstić information content (AvgIpc) is 1.81. The smallest absolute Gasteiger partial charge is 0.257 e. The predicted octanol–water partition coefficient (Wildman–Crippen LogP) is 1.21. The van der Waals surface area contributed by atoms with Crippen LogP contribution in [0.2, 0.25) is 0 Å². The fourth-order valence-corrected chi connectivity index (χ4v) is 1.80. The molecule has 0 radical (unpaired) electrons. The SMILES string of the molecule is CC(C)C(O[SH](=O)=O)C(C)C. The number of rotatable bonds is 4. The molecule has 0 bridgehead atoms. The van der Waals surface area contributed by atoms with Gasteiger partial charge in [-0.1, -0.05) is 27.7 Å². The molecule has 3 nitrogen and oxygen atoms in total. The molecule has 0 aliphatic rings. The molecule has 4 heteroatoms. The fraction of sp³-hybridized carbons (Fsp3) is 1.00. The largest absolute Gasteiger partial charge is 0.268 e. The Labute approximate surface area is 69.9 Å². The number of thiol groups is 1. The summed E-state index contributed by atoms with van der Waals surface area (Å²) in [5, 5.41) is 0. The third-order valence-electron chi connectivity index (χ3n) is 1.52. The minimum Gasteiger partial charge on any atom is -0.268 e. The number of hydrogen-bond acceptors (Lipinski definition) is 3. The topological polar surface area (TPSA) is 43.4 Å². The first-order valence-electron chi connectivity index (χ1n) is 3.76. The molecule has 0 amide bonds. The van der Waals surface area contributed by atoms with Gasteiger partial charge in [-0.25, -0.2) is 8.42 Å². The molecule has 0 N–H and O–H groups in total. The van der Waals surface area contributed by atoms with Gasteiger partial charge in [0.25, 0.3) is 11.0 Å². The minimum atomic E-state index is -2.70. The third-order valence-corrected chi connectivity index (χ3v) is 1.94. The molecule has 0 fully saturated rings. The Balaban J connectivity index is 4.11. The maximum Gasteiger partial charge on any atom is 0.257 e. The maximum absolute atomic E-state index is 10.2. The molecule has 0 aromatic rings. The summed E-state index contributed by atoms with van der Waals surface area (Å²) in [6.45, 7) is 7.79. The van der Waals surface area contributed by atoms with Gasteiger partial charge in [-0.05, 0) is 11.8 Å².